The lowest BCUT2D eigenvalue weighted by Gasteiger charge is -2.22. The van der Waals surface area contributed by atoms with Crippen LogP contribution in [-0.2, 0) is 4.79 Å². The van der Waals surface area contributed by atoms with Crippen molar-refractivity contribution in [1.82, 2.24) is 10.3 Å². The van der Waals surface area contributed by atoms with Crippen molar-refractivity contribution in [2.24, 2.45) is 0 Å². The number of hydrogen-bond donors (Lipinski definition) is 2. The summed E-state index contributed by atoms with van der Waals surface area (Å²) in [6.45, 7) is 0. The van der Waals surface area contributed by atoms with E-state index < -0.39 is 17.4 Å². The standard InChI is InChI=1S/C16H20N2O4/c19-14(18-16(7-8-16)15(20)21)11-6-9-17-13(10-11)22-12-4-2-1-3-5-12/h6,9-10,12H,1-5,7-8H2,(H,18,19)(H,20,21). The van der Waals surface area contributed by atoms with Crippen molar-refractivity contribution in [1.29, 1.82) is 0 Å². The molecule has 0 radical (unpaired) electrons. The number of carbonyl (C=O) groups excluding carboxylic acids is 1. The number of nitrogens with one attached hydrogen (secondary N) is 1. The molecule has 2 aliphatic carbocycles. The lowest BCUT2D eigenvalue weighted by molar-refractivity contribution is -0.140. The van der Waals surface area contributed by atoms with E-state index in [1.54, 1.807) is 12.1 Å². The van der Waals surface area contributed by atoms with Gasteiger partial charge in [0.1, 0.15) is 11.6 Å². The van der Waals surface area contributed by atoms with E-state index in [1.807, 2.05) is 0 Å². The van der Waals surface area contributed by atoms with Crippen molar-refractivity contribution >= 4 is 11.9 Å². The fourth-order valence-electron chi connectivity index (χ4n) is 2.78. The number of hydrogen-bond acceptors (Lipinski definition) is 4. The molecule has 6 nitrogen and oxygen atoms in total. The zero-order valence-electron chi connectivity index (χ0n) is 12.4. The first-order chi connectivity index (χ1) is 10.6. The highest BCUT2D eigenvalue weighted by atomic mass is 16.5. The van der Waals surface area contributed by atoms with Crippen LogP contribution in [0.4, 0.5) is 0 Å². The highest BCUT2D eigenvalue weighted by Crippen LogP contribution is 2.35. The zero-order chi connectivity index (χ0) is 15.6. The molecule has 1 heterocycles. The van der Waals surface area contributed by atoms with Crippen molar-refractivity contribution in [3.05, 3.63) is 23.9 Å². The average molecular weight is 304 g/mol. The molecule has 2 aliphatic rings. The number of ether oxygens (including phenoxy) is 1. The van der Waals surface area contributed by atoms with Gasteiger partial charge in [0.15, 0.2) is 0 Å². The third-order valence-electron chi connectivity index (χ3n) is 4.35. The Labute approximate surface area is 128 Å². The van der Waals surface area contributed by atoms with Crippen LogP contribution in [0, 0.1) is 0 Å². The van der Waals surface area contributed by atoms with Gasteiger partial charge in [-0.2, -0.15) is 0 Å². The summed E-state index contributed by atoms with van der Waals surface area (Å²) in [5.74, 6) is -0.941. The van der Waals surface area contributed by atoms with E-state index in [-0.39, 0.29) is 6.10 Å². The molecule has 2 saturated carbocycles. The third kappa shape index (κ3) is 3.21. The summed E-state index contributed by atoms with van der Waals surface area (Å²) < 4.78 is 5.83. The van der Waals surface area contributed by atoms with Crippen LogP contribution in [0.2, 0.25) is 0 Å². The fraction of sp³-hybridized carbons (Fsp3) is 0.562. The van der Waals surface area contributed by atoms with Gasteiger partial charge in [0, 0.05) is 17.8 Å². The van der Waals surface area contributed by atoms with Gasteiger partial charge in [-0.05, 0) is 44.6 Å². The molecule has 0 bridgehead atoms. The lowest BCUT2D eigenvalue weighted by Crippen LogP contribution is -2.43. The van der Waals surface area contributed by atoms with E-state index in [1.165, 1.54) is 12.6 Å². The van der Waals surface area contributed by atoms with Crippen LogP contribution in [0.5, 0.6) is 5.88 Å². The summed E-state index contributed by atoms with van der Waals surface area (Å²) in [6, 6.07) is 3.16. The number of carboxylic acid groups (broad SMARTS) is 1. The molecule has 3 rings (SSSR count). The van der Waals surface area contributed by atoms with Gasteiger partial charge in [-0.3, -0.25) is 4.79 Å². The molecule has 118 valence electrons. The van der Waals surface area contributed by atoms with Crippen molar-refractivity contribution in [3.8, 4) is 5.88 Å². The van der Waals surface area contributed by atoms with Gasteiger partial charge in [-0.25, -0.2) is 9.78 Å². The minimum absolute atomic E-state index is 0.161. The number of aliphatic carboxylic acids is 1. The first-order valence-corrected chi connectivity index (χ1v) is 7.78. The molecule has 1 amide bonds. The molecule has 2 N–H and O–H groups in total. The SMILES string of the molecule is O=C(NC1(C(=O)O)CC1)c1ccnc(OC2CCCCC2)c1. The van der Waals surface area contributed by atoms with Gasteiger partial charge in [-0.15, -0.1) is 0 Å². The first-order valence-electron chi connectivity index (χ1n) is 7.78. The Morgan fingerprint density at radius 3 is 2.64 bits per heavy atom. The van der Waals surface area contributed by atoms with Crippen LogP contribution >= 0.6 is 0 Å². The van der Waals surface area contributed by atoms with Gasteiger partial charge in [0.2, 0.25) is 5.88 Å². The largest absolute Gasteiger partial charge is 0.480 e. The Morgan fingerprint density at radius 1 is 1.27 bits per heavy atom. The molecule has 0 aromatic carbocycles. The van der Waals surface area contributed by atoms with E-state index >= 15 is 0 Å². The van der Waals surface area contributed by atoms with Crippen LogP contribution in [0.25, 0.3) is 0 Å². The number of nitrogens with zero attached hydrogens (tertiary/aromatic N) is 1. The van der Waals surface area contributed by atoms with Crippen molar-refractivity contribution in [2.75, 3.05) is 0 Å². The number of rotatable bonds is 5. The Kier molecular flexibility index (Phi) is 4.00. The van der Waals surface area contributed by atoms with Gasteiger partial charge in [0.05, 0.1) is 0 Å². The maximum atomic E-state index is 12.2. The van der Waals surface area contributed by atoms with Crippen LogP contribution in [0.15, 0.2) is 18.3 Å². The Morgan fingerprint density at radius 2 is 2.00 bits per heavy atom. The number of carboxylic acids is 1. The molecule has 0 aliphatic heterocycles. The molecule has 6 heteroatoms. The maximum absolute atomic E-state index is 12.2. The van der Waals surface area contributed by atoms with E-state index in [4.69, 9.17) is 9.84 Å². The summed E-state index contributed by atoms with van der Waals surface area (Å²) in [5, 5.41) is 11.7. The second kappa shape index (κ2) is 5.94. The normalized spacial score (nSPS) is 20.2. The van der Waals surface area contributed by atoms with Crippen LogP contribution in [0.3, 0.4) is 0 Å². The predicted molar refractivity (Wildman–Crippen MR) is 78.8 cm³/mol. The number of carbonyl (C=O) groups is 2. The molecule has 1 aromatic heterocycles. The van der Waals surface area contributed by atoms with Crippen molar-refractivity contribution in [2.45, 2.75) is 56.6 Å². The van der Waals surface area contributed by atoms with Crippen LogP contribution in [0.1, 0.15) is 55.3 Å². The Hall–Kier alpha value is -2.11. The minimum Gasteiger partial charge on any atom is -0.480 e. The van der Waals surface area contributed by atoms with Gasteiger partial charge >= 0.3 is 5.97 Å². The molecular weight excluding hydrogens is 284 g/mol. The summed E-state index contributed by atoms with van der Waals surface area (Å²) in [4.78, 5) is 27.5. The van der Waals surface area contributed by atoms with Gasteiger partial charge < -0.3 is 15.2 Å². The molecule has 1 aromatic rings. The molecular formula is C16H20N2O4. The topological polar surface area (TPSA) is 88.5 Å². The van der Waals surface area contributed by atoms with E-state index in [2.05, 4.69) is 10.3 Å². The Balaban J connectivity index is 1.65. The zero-order valence-corrected chi connectivity index (χ0v) is 12.4. The highest BCUT2D eigenvalue weighted by Gasteiger charge is 2.51. The second-order valence-electron chi connectivity index (χ2n) is 6.10. The molecule has 22 heavy (non-hydrogen) atoms. The van der Waals surface area contributed by atoms with E-state index in [9.17, 15) is 9.59 Å². The second-order valence-corrected chi connectivity index (χ2v) is 6.10. The number of pyridine rings is 1. The third-order valence-corrected chi connectivity index (χ3v) is 4.35. The molecule has 2 fully saturated rings. The minimum atomic E-state index is -1.08. The van der Waals surface area contributed by atoms with E-state index in [0.29, 0.717) is 24.3 Å². The smallest absolute Gasteiger partial charge is 0.329 e. The highest BCUT2D eigenvalue weighted by molar-refractivity contribution is 5.99. The number of amides is 1. The van der Waals surface area contributed by atoms with Crippen LogP contribution in [-0.4, -0.2) is 33.6 Å². The van der Waals surface area contributed by atoms with E-state index in [0.717, 1.165) is 25.7 Å². The Bertz CT molecular complexity index is 577. The van der Waals surface area contributed by atoms with Gasteiger partial charge in [-0.1, -0.05) is 6.42 Å². The summed E-state index contributed by atoms with van der Waals surface area (Å²) in [7, 11) is 0. The summed E-state index contributed by atoms with van der Waals surface area (Å²) in [6.07, 6.45) is 8.22. The fourth-order valence-corrected chi connectivity index (χ4v) is 2.78. The monoisotopic (exact) mass is 304 g/mol. The lowest BCUT2D eigenvalue weighted by atomic mass is 9.98. The first kappa shape index (κ1) is 14.8. The van der Waals surface area contributed by atoms with Crippen LogP contribution < -0.4 is 10.1 Å². The predicted octanol–water partition coefficient (Wildman–Crippen LogP) is 2.14. The van der Waals surface area contributed by atoms with Crippen molar-refractivity contribution < 1.29 is 19.4 Å². The van der Waals surface area contributed by atoms with Gasteiger partial charge in [0.25, 0.3) is 5.91 Å². The summed E-state index contributed by atoms with van der Waals surface area (Å²) in [5.41, 5.74) is -0.696. The number of aromatic nitrogens is 1. The van der Waals surface area contributed by atoms with Crippen molar-refractivity contribution in [3.63, 3.8) is 0 Å². The molecule has 0 unspecified atom stereocenters. The molecule has 0 saturated heterocycles. The quantitative estimate of drug-likeness (QED) is 0.870. The molecule has 0 atom stereocenters. The summed E-state index contributed by atoms with van der Waals surface area (Å²) >= 11 is 0. The molecule has 0 spiro atoms. The average Bonchev–Trinajstić information content (AvgIpc) is 3.29. The maximum Gasteiger partial charge on any atom is 0.329 e.